The van der Waals surface area contributed by atoms with Crippen molar-refractivity contribution in [3.63, 3.8) is 0 Å². The molecule has 0 amide bonds. The fourth-order valence-corrected chi connectivity index (χ4v) is 2.68. The van der Waals surface area contributed by atoms with E-state index in [9.17, 15) is 9.59 Å². The Morgan fingerprint density at radius 1 is 1.19 bits per heavy atom. The van der Waals surface area contributed by atoms with Crippen molar-refractivity contribution in [1.29, 1.82) is 0 Å². The highest BCUT2D eigenvalue weighted by atomic mass is 35.6. The predicted molar refractivity (Wildman–Crippen MR) is 77.4 cm³/mol. The Morgan fingerprint density at radius 3 is 2.38 bits per heavy atom. The van der Waals surface area contributed by atoms with Crippen LogP contribution in [0.1, 0.15) is 33.1 Å². The number of hydrogen-bond donors (Lipinski definition) is 0. The average molecular weight is 360 g/mol. The molecule has 3 atom stereocenters. The maximum atomic E-state index is 12.1. The maximum Gasteiger partial charge on any atom is 0.358 e. The van der Waals surface area contributed by atoms with Crippen LogP contribution in [0.5, 0.6) is 0 Å². The SMILES string of the molecule is CC1(C(=O)OCCOC(=O)C(Cl)(Cl)Cl)CCC2(C)OC2C1. The average Bonchev–Trinajstić information content (AvgIpc) is 3.03. The van der Waals surface area contributed by atoms with Crippen LogP contribution in [0.3, 0.4) is 0 Å². The van der Waals surface area contributed by atoms with Crippen molar-refractivity contribution < 1.29 is 23.8 Å². The first-order chi connectivity index (χ1) is 9.57. The van der Waals surface area contributed by atoms with Crippen LogP contribution >= 0.6 is 34.8 Å². The number of fused-ring (bicyclic) bond motifs is 1. The van der Waals surface area contributed by atoms with Crippen molar-refractivity contribution in [1.82, 2.24) is 0 Å². The summed E-state index contributed by atoms with van der Waals surface area (Å²) in [6.45, 7) is 3.71. The number of alkyl halides is 3. The minimum atomic E-state index is -2.12. The number of carbonyl (C=O) groups is 2. The van der Waals surface area contributed by atoms with Gasteiger partial charge in [-0.3, -0.25) is 4.79 Å². The number of ether oxygens (including phenoxy) is 3. The number of esters is 2. The van der Waals surface area contributed by atoms with E-state index in [4.69, 9.17) is 44.3 Å². The lowest BCUT2D eigenvalue weighted by Gasteiger charge is -2.31. The number of epoxide rings is 1. The molecule has 2 rings (SSSR count). The summed E-state index contributed by atoms with van der Waals surface area (Å²) in [6, 6.07) is 0. The molecule has 0 spiro atoms. The third-order valence-corrected chi connectivity index (χ3v) is 4.58. The topological polar surface area (TPSA) is 65.1 Å². The van der Waals surface area contributed by atoms with Gasteiger partial charge in [0.2, 0.25) is 0 Å². The highest BCUT2D eigenvalue weighted by Crippen LogP contribution is 2.53. The molecular formula is C13H17Cl3O5. The Morgan fingerprint density at radius 2 is 1.81 bits per heavy atom. The predicted octanol–water partition coefficient (Wildman–Crippen LogP) is 2.79. The summed E-state index contributed by atoms with van der Waals surface area (Å²) in [5, 5.41) is 0. The van der Waals surface area contributed by atoms with Gasteiger partial charge >= 0.3 is 11.9 Å². The van der Waals surface area contributed by atoms with Crippen molar-refractivity contribution in [2.45, 2.75) is 48.6 Å². The van der Waals surface area contributed by atoms with Crippen molar-refractivity contribution in [3.8, 4) is 0 Å². The molecule has 0 N–H and O–H groups in total. The van der Waals surface area contributed by atoms with Gasteiger partial charge in [-0.05, 0) is 33.1 Å². The van der Waals surface area contributed by atoms with Crippen LogP contribution in [0.2, 0.25) is 0 Å². The molecule has 1 saturated heterocycles. The molecule has 120 valence electrons. The standard InChI is InChI=1S/C13H17Cl3O5/c1-11(3-4-12(2)8(7-11)21-12)9(17)19-5-6-20-10(18)13(14,15)16/h8H,3-7H2,1-2H3. The zero-order chi connectivity index (χ0) is 15.9. The summed E-state index contributed by atoms with van der Waals surface area (Å²) >= 11 is 16.0. The molecule has 1 aliphatic heterocycles. The van der Waals surface area contributed by atoms with E-state index in [1.807, 2.05) is 6.92 Å². The molecule has 1 heterocycles. The molecule has 0 aromatic rings. The van der Waals surface area contributed by atoms with Crippen molar-refractivity contribution in [3.05, 3.63) is 0 Å². The summed E-state index contributed by atoms with van der Waals surface area (Å²) in [5.74, 6) is -1.31. The van der Waals surface area contributed by atoms with Gasteiger partial charge < -0.3 is 14.2 Å². The van der Waals surface area contributed by atoms with E-state index in [1.54, 1.807) is 0 Å². The van der Waals surface area contributed by atoms with Gasteiger partial charge in [-0.2, -0.15) is 0 Å². The Kier molecular flexibility index (Phi) is 4.70. The second-order valence-corrected chi connectivity index (χ2v) is 8.23. The van der Waals surface area contributed by atoms with Gasteiger partial charge in [0.15, 0.2) is 0 Å². The third kappa shape index (κ3) is 3.95. The molecule has 0 radical (unpaired) electrons. The lowest BCUT2D eigenvalue weighted by Crippen LogP contribution is -2.37. The number of halogens is 3. The monoisotopic (exact) mass is 358 g/mol. The minimum Gasteiger partial charge on any atom is -0.462 e. The largest absolute Gasteiger partial charge is 0.462 e. The summed E-state index contributed by atoms with van der Waals surface area (Å²) < 4.78 is 13.3. The Bertz CT molecular complexity index is 450. The lowest BCUT2D eigenvalue weighted by molar-refractivity contribution is -0.161. The highest BCUT2D eigenvalue weighted by Gasteiger charge is 2.60. The summed E-state index contributed by atoms with van der Waals surface area (Å²) in [7, 11) is 0. The maximum absolute atomic E-state index is 12.1. The van der Waals surface area contributed by atoms with E-state index in [0.717, 1.165) is 6.42 Å². The van der Waals surface area contributed by atoms with Gasteiger partial charge in [0.25, 0.3) is 3.79 Å². The molecule has 1 saturated carbocycles. The smallest absolute Gasteiger partial charge is 0.358 e. The lowest BCUT2D eigenvalue weighted by atomic mass is 9.72. The summed E-state index contributed by atoms with van der Waals surface area (Å²) in [4.78, 5) is 23.3. The van der Waals surface area contributed by atoms with Crippen LogP contribution in [-0.2, 0) is 23.8 Å². The van der Waals surface area contributed by atoms with Gasteiger partial charge in [-0.25, -0.2) is 4.79 Å². The number of rotatable bonds is 4. The minimum absolute atomic E-state index is 0.0559. The molecule has 1 aliphatic carbocycles. The van der Waals surface area contributed by atoms with Crippen molar-refractivity contribution in [2.24, 2.45) is 5.41 Å². The first kappa shape index (κ1) is 17.1. The van der Waals surface area contributed by atoms with E-state index in [0.29, 0.717) is 12.8 Å². The number of hydrogen-bond acceptors (Lipinski definition) is 5. The quantitative estimate of drug-likeness (QED) is 0.334. The molecule has 0 aromatic carbocycles. The number of carbonyl (C=O) groups excluding carboxylic acids is 2. The molecule has 8 heteroatoms. The second kappa shape index (κ2) is 5.76. The summed E-state index contributed by atoms with van der Waals surface area (Å²) in [6.07, 6.45) is 2.33. The molecule has 21 heavy (non-hydrogen) atoms. The first-order valence-electron chi connectivity index (χ1n) is 6.66. The highest BCUT2D eigenvalue weighted by molar-refractivity contribution is 6.75. The molecule has 5 nitrogen and oxygen atoms in total. The van der Waals surface area contributed by atoms with E-state index in [-0.39, 0.29) is 30.9 Å². The third-order valence-electron chi connectivity index (χ3n) is 4.12. The fraction of sp³-hybridized carbons (Fsp3) is 0.846. The first-order valence-corrected chi connectivity index (χ1v) is 7.79. The van der Waals surface area contributed by atoms with Gasteiger partial charge in [0.1, 0.15) is 13.2 Å². The Balaban J connectivity index is 1.71. The molecule has 2 aliphatic rings. The zero-order valence-corrected chi connectivity index (χ0v) is 14.1. The van der Waals surface area contributed by atoms with E-state index < -0.39 is 15.2 Å². The molecule has 0 bridgehead atoms. The molecule has 0 aromatic heterocycles. The van der Waals surface area contributed by atoms with Crippen molar-refractivity contribution in [2.75, 3.05) is 13.2 Å². The zero-order valence-electron chi connectivity index (χ0n) is 11.8. The summed E-state index contributed by atoms with van der Waals surface area (Å²) in [5.41, 5.74) is -0.612. The van der Waals surface area contributed by atoms with Gasteiger partial charge in [0.05, 0.1) is 17.1 Å². The fourth-order valence-electron chi connectivity index (χ4n) is 2.51. The van der Waals surface area contributed by atoms with E-state index in [2.05, 4.69) is 11.7 Å². The van der Waals surface area contributed by atoms with E-state index in [1.165, 1.54) is 0 Å². The van der Waals surface area contributed by atoms with Crippen LogP contribution in [0.15, 0.2) is 0 Å². The van der Waals surface area contributed by atoms with Gasteiger partial charge in [0, 0.05) is 0 Å². The Hall–Kier alpha value is -0.230. The molecule has 2 fully saturated rings. The van der Waals surface area contributed by atoms with Crippen LogP contribution in [0, 0.1) is 5.41 Å². The Labute approximate surface area is 138 Å². The van der Waals surface area contributed by atoms with Crippen LogP contribution in [0.4, 0.5) is 0 Å². The van der Waals surface area contributed by atoms with Crippen molar-refractivity contribution >= 4 is 46.7 Å². The second-order valence-electron chi connectivity index (χ2n) is 5.95. The van der Waals surface area contributed by atoms with Crippen LogP contribution in [-0.4, -0.2) is 40.6 Å². The molecule has 3 unspecified atom stereocenters. The normalized spacial score (nSPS) is 34.8. The van der Waals surface area contributed by atoms with Gasteiger partial charge in [-0.1, -0.05) is 34.8 Å². The van der Waals surface area contributed by atoms with Gasteiger partial charge in [-0.15, -0.1) is 0 Å². The van der Waals surface area contributed by atoms with E-state index >= 15 is 0 Å². The van der Waals surface area contributed by atoms with Crippen LogP contribution < -0.4 is 0 Å². The van der Waals surface area contributed by atoms with Crippen LogP contribution in [0.25, 0.3) is 0 Å². The molecular weight excluding hydrogens is 342 g/mol.